The number of hydrogen-bond donors (Lipinski definition) is 1. The SMILES string of the molecule is Fc1cc(-c2nc(COCCCCCCC3CCCCNC3)cs2)cc(F)c1F. The maximum absolute atomic E-state index is 13.4. The Morgan fingerprint density at radius 2 is 1.86 bits per heavy atom. The molecule has 1 N–H and O–H groups in total. The third-order valence-corrected chi connectivity index (χ3v) is 6.27. The summed E-state index contributed by atoms with van der Waals surface area (Å²) in [7, 11) is 0. The first-order chi connectivity index (χ1) is 14.1. The van der Waals surface area contributed by atoms with Gasteiger partial charge in [-0.3, -0.25) is 0 Å². The number of thiazole rings is 1. The number of benzene rings is 1. The van der Waals surface area contributed by atoms with Gasteiger partial charge in [0.05, 0.1) is 12.3 Å². The van der Waals surface area contributed by atoms with Gasteiger partial charge in [0.25, 0.3) is 0 Å². The van der Waals surface area contributed by atoms with Crippen LogP contribution in [-0.4, -0.2) is 24.7 Å². The van der Waals surface area contributed by atoms with Gasteiger partial charge in [-0.2, -0.15) is 0 Å². The van der Waals surface area contributed by atoms with Crippen LogP contribution in [-0.2, 0) is 11.3 Å². The minimum atomic E-state index is -1.46. The van der Waals surface area contributed by atoms with Crippen molar-refractivity contribution in [2.75, 3.05) is 19.7 Å². The Balaban J connectivity index is 1.29. The number of aromatic nitrogens is 1. The lowest BCUT2D eigenvalue weighted by atomic mass is 9.96. The smallest absolute Gasteiger partial charge is 0.194 e. The molecule has 1 aromatic heterocycles. The fourth-order valence-electron chi connectivity index (χ4n) is 3.69. The molecule has 1 atom stereocenters. The van der Waals surface area contributed by atoms with E-state index in [4.69, 9.17) is 4.74 Å². The molecule has 2 aromatic rings. The number of nitrogens with zero attached hydrogens (tertiary/aromatic N) is 1. The van der Waals surface area contributed by atoms with Crippen LogP contribution in [0.5, 0.6) is 0 Å². The van der Waals surface area contributed by atoms with Gasteiger partial charge < -0.3 is 10.1 Å². The van der Waals surface area contributed by atoms with Gasteiger partial charge in [-0.15, -0.1) is 11.3 Å². The van der Waals surface area contributed by atoms with Gasteiger partial charge >= 0.3 is 0 Å². The molecule has 1 aliphatic heterocycles. The van der Waals surface area contributed by atoms with Crippen LogP contribution >= 0.6 is 11.3 Å². The Kier molecular flexibility index (Phi) is 8.95. The van der Waals surface area contributed by atoms with Crippen LogP contribution in [0.2, 0.25) is 0 Å². The van der Waals surface area contributed by atoms with Gasteiger partial charge in [-0.25, -0.2) is 18.2 Å². The molecule has 3 nitrogen and oxygen atoms in total. The van der Waals surface area contributed by atoms with Crippen molar-refractivity contribution in [3.8, 4) is 10.6 Å². The fraction of sp³-hybridized carbons (Fsp3) is 0.591. The summed E-state index contributed by atoms with van der Waals surface area (Å²) < 4.78 is 45.5. The molecule has 0 spiro atoms. The third-order valence-electron chi connectivity index (χ3n) is 5.33. The molecule has 0 bridgehead atoms. The van der Waals surface area contributed by atoms with E-state index in [1.807, 2.05) is 0 Å². The van der Waals surface area contributed by atoms with E-state index in [1.165, 1.54) is 63.0 Å². The van der Waals surface area contributed by atoms with E-state index in [0.29, 0.717) is 18.2 Å². The molecule has 0 amide bonds. The van der Waals surface area contributed by atoms with Crippen molar-refractivity contribution < 1.29 is 17.9 Å². The highest BCUT2D eigenvalue weighted by atomic mass is 32.1. The highest BCUT2D eigenvalue weighted by Crippen LogP contribution is 2.27. The summed E-state index contributed by atoms with van der Waals surface area (Å²) in [4.78, 5) is 4.33. The third kappa shape index (κ3) is 7.08. The topological polar surface area (TPSA) is 34.1 Å². The second kappa shape index (κ2) is 11.7. The molecular weight excluding hydrogens is 397 g/mol. The molecule has 0 saturated carbocycles. The zero-order valence-corrected chi connectivity index (χ0v) is 17.5. The second-order valence-electron chi connectivity index (χ2n) is 7.72. The molecule has 3 rings (SSSR count). The average molecular weight is 427 g/mol. The normalized spacial score (nSPS) is 17.4. The van der Waals surface area contributed by atoms with Gasteiger partial charge in [0.15, 0.2) is 17.5 Å². The van der Waals surface area contributed by atoms with Crippen LogP contribution in [0.25, 0.3) is 10.6 Å². The number of ether oxygens (including phenoxy) is 1. The maximum Gasteiger partial charge on any atom is 0.194 e. The van der Waals surface area contributed by atoms with Gasteiger partial charge in [0, 0.05) is 17.6 Å². The van der Waals surface area contributed by atoms with E-state index in [9.17, 15) is 13.2 Å². The predicted octanol–water partition coefficient (Wildman–Crippen LogP) is 6.08. The molecule has 1 fully saturated rings. The molecule has 1 aliphatic rings. The van der Waals surface area contributed by atoms with Crippen LogP contribution < -0.4 is 5.32 Å². The summed E-state index contributed by atoms with van der Waals surface area (Å²) in [6, 6.07) is 1.93. The quantitative estimate of drug-likeness (QED) is 0.369. The number of nitrogens with one attached hydrogen (secondary N) is 1. The minimum Gasteiger partial charge on any atom is -0.375 e. The molecule has 1 saturated heterocycles. The zero-order valence-electron chi connectivity index (χ0n) is 16.7. The molecule has 160 valence electrons. The molecule has 0 aliphatic carbocycles. The summed E-state index contributed by atoms with van der Waals surface area (Å²) in [5.41, 5.74) is 0.956. The van der Waals surface area contributed by atoms with E-state index < -0.39 is 17.5 Å². The van der Waals surface area contributed by atoms with E-state index in [1.54, 1.807) is 5.38 Å². The van der Waals surface area contributed by atoms with E-state index in [-0.39, 0.29) is 5.56 Å². The lowest BCUT2D eigenvalue weighted by Gasteiger charge is -2.13. The van der Waals surface area contributed by atoms with Gasteiger partial charge in [-0.1, -0.05) is 25.7 Å². The highest BCUT2D eigenvalue weighted by Gasteiger charge is 2.14. The summed E-state index contributed by atoms with van der Waals surface area (Å²) in [5, 5.41) is 5.78. The van der Waals surface area contributed by atoms with Crippen molar-refractivity contribution in [3.63, 3.8) is 0 Å². The van der Waals surface area contributed by atoms with Crippen LogP contribution in [0.4, 0.5) is 13.2 Å². The van der Waals surface area contributed by atoms with E-state index in [0.717, 1.165) is 36.6 Å². The summed E-state index contributed by atoms with van der Waals surface area (Å²) in [6.07, 6.45) is 10.1. The number of halogens is 3. The molecular formula is C22H29F3N2OS. The Morgan fingerprint density at radius 1 is 1.07 bits per heavy atom. The number of rotatable bonds is 10. The van der Waals surface area contributed by atoms with E-state index >= 15 is 0 Å². The molecule has 1 aromatic carbocycles. The average Bonchev–Trinajstić information content (AvgIpc) is 3.03. The lowest BCUT2D eigenvalue weighted by molar-refractivity contribution is 0.114. The second-order valence-corrected chi connectivity index (χ2v) is 8.58. The van der Waals surface area contributed by atoms with Crippen LogP contribution in [0.15, 0.2) is 17.5 Å². The van der Waals surface area contributed by atoms with E-state index in [2.05, 4.69) is 10.3 Å². The Bertz CT molecular complexity index is 737. The first-order valence-electron chi connectivity index (χ1n) is 10.5. The summed E-state index contributed by atoms with van der Waals surface area (Å²) in [5.74, 6) is -3.03. The van der Waals surface area contributed by atoms with Crippen LogP contribution in [0.3, 0.4) is 0 Å². The molecule has 2 heterocycles. The standard InChI is InChI=1S/C22H29F3N2OS/c23-19-11-17(12-20(24)21(19)25)22-27-18(15-29-22)14-28-10-6-2-1-3-7-16-8-4-5-9-26-13-16/h11-12,15-16,26H,1-10,13-14H2. The summed E-state index contributed by atoms with van der Waals surface area (Å²) >= 11 is 1.26. The predicted molar refractivity (Wildman–Crippen MR) is 110 cm³/mol. The Hall–Kier alpha value is -1.44. The fourth-order valence-corrected chi connectivity index (χ4v) is 4.48. The largest absolute Gasteiger partial charge is 0.375 e. The maximum atomic E-state index is 13.4. The van der Waals surface area contributed by atoms with Crippen molar-refractivity contribution in [2.45, 2.75) is 58.0 Å². The lowest BCUT2D eigenvalue weighted by Crippen LogP contribution is -2.20. The Labute approximate surface area is 174 Å². The van der Waals surface area contributed by atoms with Crippen LogP contribution in [0, 0.1) is 23.4 Å². The van der Waals surface area contributed by atoms with Crippen molar-refractivity contribution >= 4 is 11.3 Å². The first-order valence-corrected chi connectivity index (χ1v) is 11.4. The van der Waals surface area contributed by atoms with Gasteiger partial charge in [0.1, 0.15) is 5.01 Å². The molecule has 1 unspecified atom stereocenters. The first kappa shape index (κ1) is 22.2. The molecule has 0 radical (unpaired) electrons. The number of hydrogen-bond acceptors (Lipinski definition) is 4. The van der Waals surface area contributed by atoms with Crippen molar-refractivity contribution in [1.29, 1.82) is 0 Å². The van der Waals surface area contributed by atoms with Gasteiger partial charge in [-0.05, 0) is 56.8 Å². The van der Waals surface area contributed by atoms with Crippen LogP contribution in [0.1, 0.15) is 57.1 Å². The van der Waals surface area contributed by atoms with Crippen molar-refractivity contribution in [3.05, 3.63) is 40.7 Å². The minimum absolute atomic E-state index is 0.238. The Morgan fingerprint density at radius 3 is 2.69 bits per heavy atom. The highest BCUT2D eigenvalue weighted by molar-refractivity contribution is 7.13. The molecule has 7 heteroatoms. The van der Waals surface area contributed by atoms with Gasteiger partial charge in [0.2, 0.25) is 0 Å². The number of unbranched alkanes of at least 4 members (excludes halogenated alkanes) is 3. The zero-order chi connectivity index (χ0) is 20.5. The monoisotopic (exact) mass is 426 g/mol. The summed E-state index contributed by atoms with van der Waals surface area (Å²) in [6.45, 7) is 3.40. The van der Waals surface area contributed by atoms with Crippen molar-refractivity contribution in [2.24, 2.45) is 5.92 Å². The van der Waals surface area contributed by atoms with Crippen molar-refractivity contribution in [1.82, 2.24) is 10.3 Å². The molecule has 29 heavy (non-hydrogen) atoms.